The van der Waals surface area contributed by atoms with E-state index in [0.29, 0.717) is 11.3 Å². The van der Waals surface area contributed by atoms with Gasteiger partial charge in [-0.3, -0.25) is 4.99 Å². The third-order valence-corrected chi connectivity index (χ3v) is 10.5. The van der Waals surface area contributed by atoms with Gasteiger partial charge in [-0.25, -0.2) is 0 Å². The molecule has 8 atom stereocenters. The van der Waals surface area contributed by atoms with E-state index in [1.54, 1.807) is 5.57 Å². The highest BCUT2D eigenvalue weighted by Crippen LogP contribution is 2.67. The second-order valence-corrected chi connectivity index (χ2v) is 12.1. The van der Waals surface area contributed by atoms with Gasteiger partial charge >= 0.3 is 0 Å². The maximum atomic E-state index is 11.7. The molecule has 0 saturated heterocycles. The van der Waals surface area contributed by atoms with E-state index in [1.165, 1.54) is 25.7 Å². The zero-order valence-electron chi connectivity index (χ0n) is 19.7. The minimum atomic E-state index is -0.630. The van der Waals surface area contributed by atoms with Crippen LogP contribution in [0.2, 0.25) is 0 Å². The van der Waals surface area contributed by atoms with Crippen LogP contribution in [0.15, 0.2) is 28.5 Å². The fourth-order valence-corrected chi connectivity index (χ4v) is 8.80. The molecule has 3 N–H and O–H groups in total. The maximum absolute atomic E-state index is 11.7. The number of aliphatic hydroxyl groups excluding tert-OH is 1. The summed E-state index contributed by atoms with van der Waals surface area (Å²) in [4.78, 5) is 4.27. The molecule has 0 spiro atoms. The van der Waals surface area contributed by atoms with Crippen molar-refractivity contribution in [1.29, 1.82) is 0 Å². The Labute approximate surface area is 188 Å². The Morgan fingerprint density at radius 1 is 1.16 bits per heavy atom. The Balaban J connectivity index is 1.34. The quantitative estimate of drug-likeness (QED) is 0.556. The van der Waals surface area contributed by atoms with Gasteiger partial charge in [-0.1, -0.05) is 25.5 Å². The molecular weight excluding hydrogens is 384 g/mol. The highest BCUT2D eigenvalue weighted by molar-refractivity contribution is 5.62. The molecule has 0 radical (unpaired) electrons. The lowest BCUT2D eigenvalue weighted by Crippen LogP contribution is -2.53. The Kier molecular flexibility index (Phi) is 5.41. The standard InChI is InChI=1S/C27H42N2O2/c1-25-11-9-20(30)16-18(25)4-5-21-22-6-7-24(26(22,2)12-10-23(21)25)27(3,31)13-8-19-17-28-14-15-29-19/h4,14,17,20-24,29-31H,5-13,15-16H2,1-3H3/t20-,21-,22-,23-,24-,25-,26-,27+/m0/s1. The lowest BCUT2D eigenvalue weighted by atomic mass is 9.46. The van der Waals surface area contributed by atoms with Gasteiger partial charge in [0.1, 0.15) is 0 Å². The van der Waals surface area contributed by atoms with Crippen molar-refractivity contribution in [3.63, 3.8) is 0 Å². The molecular formula is C27H42N2O2. The van der Waals surface area contributed by atoms with Crippen LogP contribution >= 0.6 is 0 Å². The number of aliphatic hydroxyl groups is 2. The minimum Gasteiger partial charge on any atom is -0.393 e. The second kappa shape index (κ2) is 7.73. The van der Waals surface area contributed by atoms with Gasteiger partial charge in [-0.05, 0) is 106 Å². The van der Waals surface area contributed by atoms with Crippen molar-refractivity contribution in [2.24, 2.45) is 39.5 Å². The summed E-state index contributed by atoms with van der Waals surface area (Å²) < 4.78 is 0. The smallest absolute Gasteiger partial charge is 0.0656 e. The summed E-state index contributed by atoms with van der Waals surface area (Å²) in [6.07, 6.45) is 17.0. The van der Waals surface area contributed by atoms with Crippen LogP contribution in [0.4, 0.5) is 0 Å². The number of nitrogens with zero attached hydrogens (tertiary/aromatic N) is 1. The van der Waals surface area contributed by atoms with E-state index in [-0.39, 0.29) is 11.5 Å². The van der Waals surface area contributed by atoms with Gasteiger partial charge < -0.3 is 15.5 Å². The first-order chi connectivity index (χ1) is 14.7. The van der Waals surface area contributed by atoms with E-state index >= 15 is 0 Å². The molecule has 0 aromatic rings. The molecule has 1 aliphatic heterocycles. The molecule has 172 valence electrons. The number of nitrogens with one attached hydrogen (secondary N) is 1. The summed E-state index contributed by atoms with van der Waals surface area (Å²) in [6.45, 7) is 7.91. The van der Waals surface area contributed by atoms with E-state index in [9.17, 15) is 10.2 Å². The van der Waals surface area contributed by atoms with Gasteiger partial charge in [0.25, 0.3) is 0 Å². The number of aliphatic imine (C=N–C) groups is 1. The molecule has 4 aliphatic carbocycles. The molecule has 5 rings (SSSR count). The molecule has 4 heteroatoms. The Bertz CT molecular complexity index is 799. The summed E-state index contributed by atoms with van der Waals surface area (Å²) in [6, 6.07) is 0. The second-order valence-electron chi connectivity index (χ2n) is 12.1. The van der Waals surface area contributed by atoms with E-state index in [2.05, 4.69) is 37.2 Å². The van der Waals surface area contributed by atoms with Crippen molar-refractivity contribution < 1.29 is 10.2 Å². The largest absolute Gasteiger partial charge is 0.393 e. The van der Waals surface area contributed by atoms with Crippen LogP contribution in [-0.4, -0.2) is 34.7 Å². The van der Waals surface area contributed by atoms with Crippen molar-refractivity contribution in [2.75, 3.05) is 6.54 Å². The van der Waals surface area contributed by atoms with Crippen molar-refractivity contribution >= 4 is 6.21 Å². The number of fused-ring (bicyclic) bond motifs is 5. The average molecular weight is 427 g/mol. The molecule has 3 fully saturated rings. The third-order valence-electron chi connectivity index (χ3n) is 10.5. The zero-order valence-corrected chi connectivity index (χ0v) is 19.7. The Morgan fingerprint density at radius 2 is 2.00 bits per heavy atom. The van der Waals surface area contributed by atoms with E-state index < -0.39 is 5.60 Å². The van der Waals surface area contributed by atoms with Gasteiger partial charge in [0.2, 0.25) is 0 Å². The first-order valence-corrected chi connectivity index (χ1v) is 12.8. The normalized spacial score (nSPS) is 46.0. The minimum absolute atomic E-state index is 0.129. The zero-order chi connectivity index (χ0) is 21.9. The molecule has 31 heavy (non-hydrogen) atoms. The van der Waals surface area contributed by atoms with Crippen LogP contribution in [-0.2, 0) is 0 Å². The fraction of sp³-hybridized carbons (Fsp3) is 0.815. The average Bonchev–Trinajstić information content (AvgIpc) is 3.12. The SMILES string of the molecule is C[C@]12CC[C@H]3[C@@H](CC=C4C[C@@H](O)CC[C@@]43C)[C@@H]1CC[C@@H]2[C@](C)(O)CCC1=CN=CCN1. The number of allylic oxidation sites excluding steroid dienone is 2. The number of hydrogen-bond donors (Lipinski definition) is 3. The van der Waals surface area contributed by atoms with Crippen LogP contribution in [0.1, 0.15) is 85.0 Å². The summed E-state index contributed by atoms with van der Waals surface area (Å²) in [5.41, 5.74) is 2.61. The predicted molar refractivity (Wildman–Crippen MR) is 126 cm³/mol. The van der Waals surface area contributed by atoms with Gasteiger partial charge in [0, 0.05) is 18.1 Å². The molecule has 0 aromatic carbocycles. The van der Waals surface area contributed by atoms with Crippen LogP contribution in [0.3, 0.4) is 0 Å². The summed E-state index contributed by atoms with van der Waals surface area (Å²) >= 11 is 0. The molecule has 4 nitrogen and oxygen atoms in total. The molecule has 3 saturated carbocycles. The molecule has 1 heterocycles. The van der Waals surface area contributed by atoms with E-state index in [1.807, 2.05) is 12.4 Å². The van der Waals surface area contributed by atoms with Gasteiger partial charge in [0.15, 0.2) is 0 Å². The Hall–Kier alpha value is -1.13. The van der Waals surface area contributed by atoms with E-state index in [4.69, 9.17) is 0 Å². The molecule has 0 unspecified atom stereocenters. The first kappa shape index (κ1) is 21.7. The lowest BCUT2D eigenvalue weighted by molar-refractivity contribution is -0.104. The predicted octanol–water partition coefficient (Wildman–Crippen LogP) is 4.97. The lowest BCUT2D eigenvalue weighted by Gasteiger charge is -2.59. The van der Waals surface area contributed by atoms with Crippen molar-refractivity contribution in [2.45, 2.75) is 96.7 Å². The first-order valence-electron chi connectivity index (χ1n) is 12.8. The van der Waals surface area contributed by atoms with Crippen LogP contribution in [0, 0.1) is 34.5 Å². The van der Waals surface area contributed by atoms with Crippen molar-refractivity contribution in [1.82, 2.24) is 5.32 Å². The third kappa shape index (κ3) is 3.53. The Morgan fingerprint density at radius 3 is 2.77 bits per heavy atom. The number of rotatable bonds is 4. The molecule has 0 aromatic heterocycles. The van der Waals surface area contributed by atoms with E-state index in [0.717, 1.165) is 68.5 Å². The highest BCUT2D eigenvalue weighted by atomic mass is 16.3. The van der Waals surface area contributed by atoms with Crippen LogP contribution < -0.4 is 5.32 Å². The number of hydrogen-bond acceptors (Lipinski definition) is 4. The van der Waals surface area contributed by atoms with Crippen molar-refractivity contribution in [3.05, 3.63) is 23.5 Å². The fourth-order valence-electron chi connectivity index (χ4n) is 8.80. The topological polar surface area (TPSA) is 64.8 Å². The molecule has 0 bridgehead atoms. The van der Waals surface area contributed by atoms with Crippen LogP contribution in [0.5, 0.6) is 0 Å². The summed E-state index contributed by atoms with van der Waals surface area (Å²) in [5, 5.41) is 25.3. The molecule has 0 amide bonds. The monoisotopic (exact) mass is 426 g/mol. The van der Waals surface area contributed by atoms with Gasteiger partial charge in [-0.2, -0.15) is 0 Å². The van der Waals surface area contributed by atoms with Crippen molar-refractivity contribution in [3.8, 4) is 0 Å². The summed E-state index contributed by atoms with van der Waals surface area (Å²) in [7, 11) is 0. The van der Waals surface area contributed by atoms with Gasteiger partial charge in [0.05, 0.1) is 18.2 Å². The molecule has 5 aliphatic rings. The summed E-state index contributed by atoms with van der Waals surface area (Å²) in [5.74, 6) is 2.61. The van der Waals surface area contributed by atoms with Crippen LogP contribution in [0.25, 0.3) is 0 Å². The maximum Gasteiger partial charge on any atom is 0.0656 e. The van der Waals surface area contributed by atoms with Gasteiger partial charge in [-0.15, -0.1) is 0 Å². The highest BCUT2D eigenvalue weighted by Gasteiger charge is 2.61.